The van der Waals surface area contributed by atoms with Gasteiger partial charge in [0.25, 0.3) is 5.91 Å². The number of benzene rings is 1. The second kappa shape index (κ2) is 6.46. The van der Waals surface area contributed by atoms with E-state index in [1.807, 2.05) is 12.1 Å². The van der Waals surface area contributed by atoms with Crippen molar-refractivity contribution in [2.45, 2.75) is 44.3 Å². The highest BCUT2D eigenvalue weighted by atomic mass is 16.3. The molecule has 9 nitrogen and oxygen atoms in total. The summed E-state index contributed by atoms with van der Waals surface area (Å²) in [5.41, 5.74) is 3.55. The van der Waals surface area contributed by atoms with Crippen LogP contribution >= 0.6 is 0 Å². The number of nitrogens with one attached hydrogen (secondary N) is 2. The van der Waals surface area contributed by atoms with Crippen LogP contribution in [0.5, 0.6) is 0 Å². The second-order valence-electron chi connectivity index (χ2n) is 7.72. The summed E-state index contributed by atoms with van der Waals surface area (Å²) in [4.78, 5) is 38.7. The fourth-order valence-electron chi connectivity index (χ4n) is 4.58. The molecule has 2 amide bonds. The van der Waals surface area contributed by atoms with Crippen LogP contribution in [0.25, 0.3) is 11.0 Å². The maximum atomic E-state index is 13.2. The number of imide groups is 1. The molecule has 2 aromatic rings. The molecular weight excluding hydrogens is 362 g/mol. The number of hydrogen-bond acceptors (Lipinski definition) is 6. The SMILES string of the molecule is O=C1CCC(n2c(=O)n3c4c(c(NC5CNC5)ccc42)CCC3)C(=O)N1CO. The molecule has 0 bridgehead atoms. The number of carbonyl (C=O) groups excluding carboxylic acids is 2. The molecule has 3 aliphatic heterocycles. The Hall–Kier alpha value is -2.65. The van der Waals surface area contributed by atoms with Gasteiger partial charge >= 0.3 is 5.69 Å². The van der Waals surface area contributed by atoms with Gasteiger partial charge in [-0.25, -0.2) is 4.79 Å². The number of amides is 2. The van der Waals surface area contributed by atoms with Crippen LogP contribution in [0.1, 0.15) is 30.9 Å². The lowest BCUT2D eigenvalue weighted by Gasteiger charge is -2.31. The lowest BCUT2D eigenvalue weighted by atomic mass is 10.00. The van der Waals surface area contributed by atoms with Crippen LogP contribution in [-0.2, 0) is 22.6 Å². The zero-order valence-corrected chi connectivity index (χ0v) is 15.5. The first-order chi connectivity index (χ1) is 13.6. The molecular formula is C19H23N5O4. The molecule has 0 radical (unpaired) electrons. The van der Waals surface area contributed by atoms with Crippen LogP contribution in [0.3, 0.4) is 0 Å². The molecule has 0 spiro atoms. The highest BCUT2D eigenvalue weighted by molar-refractivity contribution is 6.00. The number of imidazole rings is 1. The third-order valence-electron chi connectivity index (χ3n) is 6.11. The summed E-state index contributed by atoms with van der Waals surface area (Å²) in [6, 6.07) is 3.51. The van der Waals surface area contributed by atoms with E-state index in [9.17, 15) is 19.5 Å². The fraction of sp³-hybridized carbons (Fsp3) is 0.526. The van der Waals surface area contributed by atoms with Gasteiger partial charge in [0, 0.05) is 37.3 Å². The summed E-state index contributed by atoms with van der Waals surface area (Å²) in [5, 5.41) is 16.2. The fourth-order valence-corrected chi connectivity index (χ4v) is 4.58. The van der Waals surface area contributed by atoms with Crippen molar-refractivity contribution in [3.05, 3.63) is 28.2 Å². The van der Waals surface area contributed by atoms with Crippen LogP contribution in [0.2, 0.25) is 0 Å². The predicted octanol–water partition coefficient (Wildman–Crippen LogP) is -0.227. The number of aliphatic hydroxyl groups excluding tert-OH is 1. The Kier molecular flexibility index (Phi) is 4.02. The van der Waals surface area contributed by atoms with Crippen LogP contribution in [-0.4, -0.2) is 56.8 Å². The van der Waals surface area contributed by atoms with Crippen molar-refractivity contribution in [1.29, 1.82) is 0 Å². The van der Waals surface area contributed by atoms with Crippen molar-refractivity contribution in [3.63, 3.8) is 0 Å². The number of aliphatic hydroxyl groups is 1. The average Bonchev–Trinajstić information content (AvgIpc) is 2.94. The number of aromatic nitrogens is 2. The van der Waals surface area contributed by atoms with E-state index in [0.717, 1.165) is 53.1 Å². The van der Waals surface area contributed by atoms with E-state index < -0.39 is 24.6 Å². The first-order valence-corrected chi connectivity index (χ1v) is 9.79. The van der Waals surface area contributed by atoms with E-state index in [1.165, 1.54) is 4.57 Å². The molecule has 0 saturated carbocycles. The minimum atomic E-state index is -0.762. The predicted molar refractivity (Wildman–Crippen MR) is 102 cm³/mol. The van der Waals surface area contributed by atoms with Gasteiger partial charge in [0.05, 0.1) is 17.1 Å². The van der Waals surface area contributed by atoms with Crippen LogP contribution in [0.4, 0.5) is 5.69 Å². The van der Waals surface area contributed by atoms with E-state index in [-0.39, 0.29) is 18.5 Å². The third kappa shape index (κ3) is 2.43. The minimum Gasteiger partial charge on any atom is -0.379 e. The summed E-state index contributed by atoms with van der Waals surface area (Å²) in [6.07, 6.45) is 2.16. The molecule has 4 heterocycles. The lowest BCUT2D eigenvalue weighted by Crippen LogP contribution is -2.51. The normalized spacial score (nSPS) is 22.6. The highest BCUT2D eigenvalue weighted by Crippen LogP contribution is 2.34. The van der Waals surface area contributed by atoms with E-state index in [1.54, 1.807) is 4.57 Å². The molecule has 5 rings (SSSR count). The molecule has 28 heavy (non-hydrogen) atoms. The van der Waals surface area contributed by atoms with Crippen molar-refractivity contribution < 1.29 is 14.7 Å². The number of hydrogen-bond donors (Lipinski definition) is 3. The Labute approximate surface area is 160 Å². The molecule has 1 atom stereocenters. The lowest BCUT2D eigenvalue weighted by molar-refractivity contribution is -0.155. The number of aryl methyl sites for hydroxylation is 2. The molecule has 2 fully saturated rings. The molecule has 1 aromatic carbocycles. The Balaban J connectivity index is 1.64. The first-order valence-electron chi connectivity index (χ1n) is 9.79. The van der Waals surface area contributed by atoms with Gasteiger partial charge in [0.2, 0.25) is 5.91 Å². The molecule has 1 unspecified atom stereocenters. The summed E-state index contributed by atoms with van der Waals surface area (Å²) in [6.45, 7) is 1.81. The molecule has 148 valence electrons. The topological polar surface area (TPSA) is 109 Å². The number of carbonyl (C=O) groups is 2. The Morgan fingerprint density at radius 3 is 2.71 bits per heavy atom. The number of piperidine rings is 1. The quantitative estimate of drug-likeness (QED) is 0.628. The number of likely N-dealkylation sites (tertiary alicyclic amines) is 1. The van der Waals surface area contributed by atoms with Gasteiger partial charge in [-0.05, 0) is 31.4 Å². The molecule has 3 N–H and O–H groups in total. The largest absolute Gasteiger partial charge is 0.379 e. The highest BCUT2D eigenvalue weighted by Gasteiger charge is 2.38. The van der Waals surface area contributed by atoms with Crippen LogP contribution < -0.4 is 16.3 Å². The Bertz CT molecular complexity index is 1040. The minimum absolute atomic E-state index is 0.136. The maximum absolute atomic E-state index is 13.2. The number of nitrogens with zero attached hydrogens (tertiary/aromatic N) is 3. The van der Waals surface area contributed by atoms with E-state index >= 15 is 0 Å². The average molecular weight is 385 g/mol. The van der Waals surface area contributed by atoms with Crippen molar-refractivity contribution in [2.24, 2.45) is 0 Å². The Morgan fingerprint density at radius 2 is 2.00 bits per heavy atom. The molecule has 9 heteroatoms. The summed E-state index contributed by atoms with van der Waals surface area (Å²) >= 11 is 0. The first kappa shape index (κ1) is 17.4. The summed E-state index contributed by atoms with van der Waals surface area (Å²) < 4.78 is 3.28. The van der Waals surface area contributed by atoms with Gasteiger partial charge in [0.15, 0.2) is 0 Å². The third-order valence-corrected chi connectivity index (χ3v) is 6.11. The van der Waals surface area contributed by atoms with Gasteiger partial charge < -0.3 is 15.7 Å². The molecule has 3 aliphatic rings. The summed E-state index contributed by atoms with van der Waals surface area (Å²) in [7, 11) is 0. The molecule has 0 aliphatic carbocycles. The Morgan fingerprint density at radius 1 is 1.18 bits per heavy atom. The van der Waals surface area contributed by atoms with Gasteiger partial charge in [0.1, 0.15) is 12.8 Å². The summed E-state index contributed by atoms with van der Waals surface area (Å²) in [5.74, 6) is -0.908. The zero-order valence-electron chi connectivity index (χ0n) is 15.5. The van der Waals surface area contributed by atoms with E-state index in [0.29, 0.717) is 12.6 Å². The standard InChI is InChI=1S/C19H23N5O4/c25-10-23-16(26)6-5-15(18(23)27)24-14-4-3-13(21-11-8-20-9-11)12-2-1-7-22(17(12)14)19(24)28/h3-4,11,15,20-21,25H,1-2,5-10H2. The van der Waals surface area contributed by atoms with Gasteiger partial charge in [-0.15, -0.1) is 0 Å². The van der Waals surface area contributed by atoms with Gasteiger partial charge in [-0.3, -0.25) is 23.6 Å². The smallest absolute Gasteiger partial charge is 0.329 e. The van der Waals surface area contributed by atoms with Crippen molar-refractivity contribution in [1.82, 2.24) is 19.4 Å². The monoisotopic (exact) mass is 385 g/mol. The van der Waals surface area contributed by atoms with Crippen LogP contribution in [0.15, 0.2) is 16.9 Å². The van der Waals surface area contributed by atoms with Crippen molar-refractivity contribution in [3.8, 4) is 0 Å². The second-order valence-corrected chi connectivity index (χ2v) is 7.72. The van der Waals surface area contributed by atoms with Gasteiger partial charge in [-0.1, -0.05) is 0 Å². The van der Waals surface area contributed by atoms with Crippen molar-refractivity contribution in [2.75, 3.05) is 25.1 Å². The van der Waals surface area contributed by atoms with E-state index in [2.05, 4.69) is 10.6 Å². The number of rotatable bonds is 4. The zero-order chi connectivity index (χ0) is 19.4. The van der Waals surface area contributed by atoms with E-state index in [4.69, 9.17) is 0 Å². The maximum Gasteiger partial charge on any atom is 0.329 e. The molecule has 2 saturated heterocycles. The van der Waals surface area contributed by atoms with Crippen molar-refractivity contribution >= 4 is 28.5 Å². The number of anilines is 1. The van der Waals surface area contributed by atoms with Crippen LogP contribution in [0, 0.1) is 0 Å². The molecule has 1 aromatic heterocycles. The van der Waals surface area contributed by atoms with Gasteiger partial charge in [-0.2, -0.15) is 0 Å².